The monoisotopic (exact) mass is 428 g/mol. The van der Waals surface area contributed by atoms with E-state index in [-0.39, 0.29) is 29.8 Å². The van der Waals surface area contributed by atoms with Crippen molar-refractivity contribution in [2.75, 3.05) is 0 Å². The lowest BCUT2D eigenvalue weighted by molar-refractivity contribution is -0.0131. The zero-order valence-electron chi connectivity index (χ0n) is 16.3. The summed E-state index contributed by atoms with van der Waals surface area (Å²) in [7, 11) is 0. The molecule has 0 spiro atoms. The summed E-state index contributed by atoms with van der Waals surface area (Å²) in [5.41, 5.74) is 0.675. The lowest BCUT2D eigenvalue weighted by Crippen LogP contribution is -2.25. The maximum absolute atomic E-state index is 14.7. The number of benzene rings is 2. The zero-order chi connectivity index (χ0) is 22.4. The molecule has 160 valence electrons. The molecule has 0 saturated heterocycles. The molecule has 1 amide bonds. The van der Waals surface area contributed by atoms with Crippen LogP contribution in [0.15, 0.2) is 66.9 Å². The highest BCUT2D eigenvalue weighted by Crippen LogP contribution is 2.33. The third kappa shape index (κ3) is 5.91. The van der Waals surface area contributed by atoms with E-state index in [2.05, 4.69) is 10.3 Å². The van der Waals surface area contributed by atoms with Crippen molar-refractivity contribution < 1.29 is 27.9 Å². The van der Waals surface area contributed by atoms with E-state index in [4.69, 9.17) is 5.11 Å². The topological polar surface area (TPSA) is 79.3 Å². The van der Waals surface area contributed by atoms with Crippen molar-refractivity contribution in [1.82, 2.24) is 10.3 Å². The Labute approximate surface area is 176 Å². The average molecular weight is 428 g/mol. The third-order valence-corrected chi connectivity index (χ3v) is 4.69. The summed E-state index contributed by atoms with van der Waals surface area (Å²) in [4.78, 5) is 27.0. The number of nitrogens with one attached hydrogen (secondary N) is 1. The Hall–Kier alpha value is -3.68. The van der Waals surface area contributed by atoms with Gasteiger partial charge < -0.3 is 10.4 Å². The molecule has 0 fully saturated rings. The van der Waals surface area contributed by atoms with E-state index >= 15 is 0 Å². The lowest BCUT2D eigenvalue weighted by atomic mass is 9.99. The van der Waals surface area contributed by atoms with Crippen LogP contribution in [0.2, 0.25) is 0 Å². The number of amides is 1. The SMILES string of the molecule is O=C(O)c1ccc(CCC(F)(F)c2ccnc(C(=O)NCc3cccc(F)c3)c2)cc1. The lowest BCUT2D eigenvalue weighted by Gasteiger charge is -2.17. The summed E-state index contributed by atoms with van der Waals surface area (Å²) in [5, 5.41) is 11.4. The van der Waals surface area contributed by atoms with Crippen LogP contribution in [0.25, 0.3) is 0 Å². The van der Waals surface area contributed by atoms with Crippen LogP contribution in [0.1, 0.15) is 44.0 Å². The zero-order valence-corrected chi connectivity index (χ0v) is 16.3. The van der Waals surface area contributed by atoms with Crippen molar-refractivity contribution in [1.29, 1.82) is 0 Å². The minimum atomic E-state index is -3.22. The Morgan fingerprint density at radius 2 is 1.74 bits per heavy atom. The summed E-state index contributed by atoms with van der Waals surface area (Å²) in [6.45, 7) is 0.0330. The predicted molar refractivity (Wildman–Crippen MR) is 107 cm³/mol. The second-order valence-electron chi connectivity index (χ2n) is 6.95. The number of rotatable bonds is 8. The number of carboxylic acids is 1. The number of hydrogen-bond donors (Lipinski definition) is 2. The molecule has 3 aromatic rings. The molecule has 0 aliphatic heterocycles. The average Bonchev–Trinajstić information content (AvgIpc) is 2.76. The first kappa shape index (κ1) is 22.0. The number of alkyl halides is 2. The van der Waals surface area contributed by atoms with Crippen LogP contribution in [-0.2, 0) is 18.9 Å². The number of hydrogen-bond acceptors (Lipinski definition) is 3. The normalized spacial score (nSPS) is 11.2. The Balaban J connectivity index is 1.64. The maximum atomic E-state index is 14.7. The van der Waals surface area contributed by atoms with Gasteiger partial charge in [0.1, 0.15) is 11.5 Å². The molecule has 8 heteroatoms. The Morgan fingerprint density at radius 3 is 2.42 bits per heavy atom. The van der Waals surface area contributed by atoms with Crippen LogP contribution in [-0.4, -0.2) is 22.0 Å². The maximum Gasteiger partial charge on any atom is 0.335 e. The fraction of sp³-hybridized carbons (Fsp3) is 0.174. The van der Waals surface area contributed by atoms with E-state index in [0.717, 1.165) is 18.3 Å². The summed E-state index contributed by atoms with van der Waals surface area (Å²) >= 11 is 0. The number of carboxylic acid groups (broad SMARTS) is 1. The van der Waals surface area contributed by atoms with Gasteiger partial charge in [-0.2, -0.15) is 0 Å². The van der Waals surface area contributed by atoms with Crippen molar-refractivity contribution in [3.63, 3.8) is 0 Å². The number of aromatic carboxylic acids is 1. The molecule has 0 atom stereocenters. The van der Waals surface area contributed by atoms with Gasteiger partial charge in [-0.3, -0.25) is 9.78 Å². The van der Waals surface area contributed by atoms with Crippen molar-refractivity contribution in [3.8, 4) is 0 Å². The smallest absolute Gasteiger partial charge is 0.335 e. The van der Waals surface area contributed by atoms with Gasteiger partial charge >= 0.3 is 5.97 Å². The Morgan fingerprint density at radius 1 is 1.00 bits per heavy atom. The molecule has 31 heavy (non-hydrogen) atoms. The molecule has 1 aromatic heterocycles. The van der Waals surface area contributed by atoms with Crippen LogP contribution in [0.4, 0.5) is 13.2 Å². The first-order valence-electron chi connectivity index (χ1n) is 9.44. The minimum absolute atomic E-state index is 0.0241. The Kier molecular flexibility index (Phi) is 6.69. The van der Waals surface area contributed by atoms with Crippen LogP contribution in [0, 0.1) is 5.82 Å². The second-order valence-corrected chi connectivity index (χ2v) is 6.95. The largest absolute Gasteiger partial charge is 0.478 e. The van der Waals surface area contributed by atoms with E-state index in [1.165, 1.54) is 42.5 Å². The highest BCUT2D eigenvalue weighted by molar-refractivity contribution is 5.92. The number of pyridine rings is 1. The molecular weight excluding hydrogens is 409 g/mol. The van der Waals surface area contributed by atoms with Crippen LogP contribution < -0.4 is 5.32 Å². The number of carbonyl (C=O) groups excluding carboxylic acids is 1. The van der Waals surface area contributed by atoms with Crippen LogP contribution >= 0.6 is 0 Å². The Bertz CT molecular complexity index is 1090. The van der Waals surface area contributed by atoms with Gasteiger partial charge in [0.05, 0.1) is 5.56 Å². The standard InChI is InChI=1S/C23H19F3N2O3/c24-19-3-1-2-16(12-19)14-28-21(29)20-13-18(9-11-27-20)23(25,26)10-8-15-4-6-17(7-5-15)22(30)31/h1-7,9,11-13H,8,10,14H2,(H,28,29)(H,30,31). The first-order chi connectivity index (χ1) is 14.7. The molecular formula is C23H19F3N2O3. The van der Waals surface area contributed by atoms with Crippen molar-refractivity contribution in [3.05, 3.63) is 101 Å². The molecule has 3 rings (SSSR count). The van der Waals surface area contributed by atoms with E-state index in [9.17, 15) is 22.8 Å². The number of aryl methyl sites for hydroxylation is 1. The number of halogens is 3. The van der Waals surface area contributed by atoms with E-state index in [1.54, 1.807) is 6.07 Å². The fourth-order valence-electron chi connectivity index (χ4n) is 2.96. The predicted octanol–water partition coefficient (Wildman–Crippen LogP) is 4.57. The van der Waals surface area contributed by atoms with Gasteiger partial charge in [-0.1, -0.05) is 24.3 Å². The van der Waals surface area contributed by atoms with Gasteiger partial charge in [0.2, 0.25) is 0 Å². The second kappa shape index (κ2) is 9.42. The summed E-state index contributed by atoms with van der Waals surface area (Å²) in [5.74, 6) is -5.39. The minimum Gasteiger partial charge on any atom is -0.478 e. The van der Waals surface area contributed by atoms with Crippen LogP contribution in [0.3, 0.4) is 0 Å². The summed E-state index contributed by atoms with van der Waals surface area (Å²) in [6, 6.07) is 13.6. The molecule has 5 nitrogen and oxygen atoms in total. The van der Waals surface area contributed by atoms with Gasteiger partial charge in [0.25, 0.3) is 11.8 Å². The molecule has 0 bridgehead atoms. The molecule has 2 N–H and O–H groups in total. The summed E-state index contributed by atoms with van der Waals surface area (Å²) < 4.78 is 42.6. The van der Waals surface area contributed by atoms with E-state index in [1.807, 2.05) is 0 Å². The van der Waals surface area contributed by atoms with Crippen molar-refractivity contribution in [2.24, 2.45) is 0 Å². The van der Waals surface area contributed by atoms with Crippen LogP contribution in [0.5, 0.6) is 0 Å². The number of carbonyl (C=O) groups is 2. The first-order valence-corrected chi connectivity index (χ1v) is 9.44. The molecule has 2 aromatic carbocycles. The highest BCUT2D eigenvalue weighted by Gasteiger charge is 2.32. The quantitative estimate of drug-likeness (QED) is 0.551. The number of nitrogens with zero attached hydrogens (tertiary/aromatic N) is 1. The van der Waals surface area contributed by atoms with Gasteiger partial charge in [0, 0.05) is 24.7 Å². The molecule has 0 unspecified atom stereocenters. The highest BCUT2D eigenvalue weighted by atomic mass is 19.3. The van der Waals surface area contributed by atoms with Gasteiger partial charge in [0.15, 0.2) is 0 Å². The van der Waals surface area contributed by atoms with Crippen molar-refractivity contribution in [2.45, 2.75) is 25.3 Å². The molecule has 0 saturated carbocycles. The fourth-order valence-corrected chi connectivity index (χ4v) is 2.96. The number of aromatic nitrogens is 1. The van der Waals surface area contributed by atoms with Gasteiger partial charge in [-0.25, -0.2) is 18.0 Å². The molecule has 1 heterocycles. The van der Waals surface area contributed by atoms with Gasteiger partial charge in [-0.15, -0.1) is 0 Å². The van der Waals surface area contributed by atoms with Gasteiger partial charge in [-0.05, 0) is 53.9 Å². The third-order valence-electron chi connectivity index (χ3n) is 4.69. The van der Waals surface area contributed by atoms with E-state index in [0.29, 0.717) is 11.1 Å². The summed E-state index contributed by atoms with van der Waals surface area (Å²) in [6.07, 6.45) is 0.645. The van der Waals surface area contributed by atoms with Crippen molar-refractivity contribution >= 4 is 11.9 Å². The van der Waals surface area contributed by atoms with E-state index < -0.39 is 30.0 Å². The molecule has 0 aliphatic rings. The molecule has 0 aliphatic carbocycles. The molecule has 0 radical (unpaired) electrons.